The van der Waals surface area contributed by atoms with Crippen molar-refractivity contribution in [1.82, 2.24) is 4.98 Å². The summed E-state index contributed by atoms with van der Waals surface area (Å²) < 4.78 is 29.4. The molecule has 152 valence electrons. The topological polar surface area (TPSA) is 80.3 Å². The smallest absolute Gasteiger partial charge is 0.387 e. The number of para-hydroxylation sites is 1. The van der Waals surface area contributed by atoms with Crippen LogP contribution in [0.3, 0.4) is 0 Å². The Labute approximate surface area is 171 Å². The fraction of sp³-hybridized carbons (Fsp3) is 0.0455. The quantitative estimate of drug-likeness (QED) is 0.560. The van der Waals surface area contributed by atoms with Gasteiger partial charge in [-0.15, -0.1) is 0 Å². The van der Waals surface area contributed by atoms with Crippen LogP contribution in [0.25, 0.3) is 6.08 Å². The lowest BCUT2D eigenvalue weighted by Crippen LogP contribution is -2.14. The second kappa shape index (κ2) is 9.92. The number of ether oxygens (including phenoxy) is 1. The minimum Gasteiger partial charge on any atom is -0.434 e. The monoisotopic (exact) mass is 409 g/mol. The van der Waals surface area contributed by atoms with Crippen molar-refractivity contribution in [3.05, 3.63) is 90.1 Å². The van der Waals surface area contributed by atoms with Gasteiger partial charge < -0.3 is 15.4 Å². The standard InChI is InChI=1S/C22H17F2N3O3/c23-22(24)30-18-9-2-1-6-15(18)11-12-20(28)26-17-8-5-7-16(14-17)21(29)27-19-10-3-4-13-25-19/h1-14,22H,(H,26,28)(H,25,27,29). The summed E-state index contributed by atoms with van der Waals surface area (Å²) in [5.74, 6) is -0.503. The van der Waals surface area contributed by atoms with E-state index >= 15 is 0 Å². The lowest BCUT2D eigenvalue weighted by Gasteiger charge is -2.08. The predicted molar refractivity (Wildman–Crippen MR) is 109 cm³/mol. The summed E-state index contributed by atoms with van der Waals surface area (Å²) >= 11 is 0. The minimum absolute atomic E-state index is 0.0373. The number of hydrogen-bond acceptors (Lipinski definition) is 4. The number of benzene rings is 2. The first-order valence-corrected chi connectivity index (χ1v) is 8.86. The van der Waals surface area contributed by atoms with Crippen LogP contribution in [0, 0.1) is 0 Å². The maximum atomic E-state index is 12.5. The second-order valence-corrected chi connectivity index (χ2v) is 5.99. The molecule has 0 aliphatic carbocycles. The van der Waals surface area contributed by atoms with Gasteiger partial charge in [0.05, 0.1) is 0 Å². The van der Waals surface area contributed by atoms with Crippen LogP contribution in [0.5, 0.6) is 5.75 Å². The zero-order valence-electron chi connectivity index (χ0n) is 15.6. The van der Waals surface area contributed by atoms with Gasteiger partial charge in [0.2, 0.25) is 5.91 Å². The number of carbonyl (C=O) groups is 2. The fourth-order valence-corrected chi connectivity index (χ4v) is 2.53. The molecule has 0 atom stereocenters. The van der Waals surface area contributed by atoms with Crippen LogP contribution in [0.15, 0.2) is 79.0 Å². The summed E-state index contributed by atoms with van der Waals surface area (Å²) in [6.45, 7) is -2.96. The lowest BCUT2D eigenvalue weighted by atomic mass is 10.1. The first kappa shape index (κ1) is 20.7. The molecular formula is C22H17F2N3O3. The molecule has 30 heavy (non-hydrogen) atoms. The number of nitrogens with zero attached hydrogens (tertiary/aromatic N) is 1. The van der Waals surface area contributed by atoms with E-state index in [-0.39, 0.29) is 11.7 Å². The number of amides is 2. The molecule has 0 radical (unpaired) electrons. The van der Waals surface area contributed by atoms with Gasteiger partial charge in [-0.2, -0.15) is 8.78 Å². The van der Waals surface area contributed by atoms with Gasteiger partial charge in [-0.05, 0) is 42.5 Å². The van der Waals surface area contributed by atoms with Crippen LogP contribution in [-0.4, -0.2) is 23.4 Å². The SMILES string of the molecule is O=C(C=Cc1ccccc1OC(F)F)Nc1cccc(C(=O)Nc2ccccn2)c1. The van der Waals surface area contributed by atoms with Gasteiger partial charge in [-0.3, -0.25) is 9.59 Å². The third-order valence-electron chi connectivity index (χ3n) is 3.85. The minimum atomic E-state index is -2.96. The number of rotatable bonds is 7. The normalized spacial score (nSPS) is 10.8. The highest BCUT2D eigenvalue weighted by Gasteiger charge is 2.09. The highest BCUT2D eigenvalue weighted by Crippen LogP contribution is 2.21. The average Bonchev–Trinajstić information content (AvgIpc) is 2.73. The molecule has 3 aromatic rings. The van der Waals surface area contributed by atoms with Gasteiger partial charge >= 0.3 is 6.61 Å². The summed E-state index contributed by atoms with van der Waals surface area (Å²) in [6.07, 6.45) is 4.11. The van der Waals surface area contributed by atoms with Crippen molar-refractivity contribution in [3.63, 3.8) is 0 Å². The van der Waals surface area contributed by atoms with Crippen LogP contribution < -0.4 is 15.4 Å². The van der Waals surface area contributed by atoms with E-state index in [9.17, 15) is 18.4 Å². The van der Waals surface area contributed by atoms with E-state index in [2.05, 4.69) is 20.4 Å². The van der Waals surface area contributed by atoms with Crippen LogP contribution in [-0.2, 0) is 4.79 Å². The highest BCUT2D eigenvalue weighted by molar-refractivity contribution is 6.06. The van der Waals surface area contributed by atoms with E-state index in [1.54, 1.807) is 60.8 Å². The number of nitrogens with one attached hydrogen (secondary N) is 2. The van der Waals surface area contributed by atoms with Crippen LogP contribution in [0.4, 0.5) is 20.3 Å². The number of hydrogen-bond donors (Lipinski definition) is 2. The molecule has 1 heterocycles. The summed E-state index contributed by atoms with van der Waals surface area (Å²) in [4.78, 5) is 28.6. The molecule has 2 aromatic carbocycles. The summed E-state index contributed by atoms with van der Waals surface area (Å²) in [7, 11) is 0. The zero-order valence-corrected chi connectivity index (χ0v) is 15.6. The molecule has 1 aromatic heterocycles. The lowest BCUT2D eigenvalue weighted by molar-refractivity contribution is -0.111. The molecule has 0 bridgehead atoms. The molecule has 8 heteroatoms. The Hall–Kier alpha value is -4.07. The number of halogens is 2. The van der Waals surface area contributed by atoms with Crippen molar-refractivity contribution in [2.45, 2.75) is 6.61 Å². The molecule has 0 saturated heterocycles. The van der Waals surface area contributed by atoms with Crippen LogP contribution >= 0.6 is 0 Å². The number of aromatic nitrogens is 1. The van der Waals surface area contributed by atoms with Gasteiger partial charge in [-0.1, -0.05) is 30.3 Å². The molecule has 0 fully saturated rings. The van der Waals surface area contributed by atoms with E-state index in [4.69, 9.17) is 0 Å². The number of alkyl halides is 2. The Morgan fingerprint density at radius 1 is 0.967 bits per heavy atom. The zero-order chi connectivity index (χ0) is 21.3. The van der Waals surface area contributed by atoms with Crippen molar-refractivity contribution in [2.24, 2.45) is 0 Å². The Morgan fingerprint density at radius 2 is 1.77 bits per heavy atom. The van der Waals surface area contributed by atoms with Crippen LogP contribution in [0.2, 0.25) is 0 Å². The van der Waals surface area contributed by atoms with Crippen LogP contribution in [0.1, 0.15) is 15.9 Å². The molecular weight excluding hydrogens is 392 g/mol. The Kier molecular flexibility index (Phi) is 6.83. The van der Waals surface area contributed by atoms with E-state index in [1.165, 1.54) is 24.3 Å². The molecule has 3 rings (SSSR count). The van der Waals surface area contributed by atoms with Crippen molar-refractivity contribution >= 4 is 29.4 Å². The van der Waals surface area contributed by atoms with Crippen molar-refractivity contribution in [2.75, 3.05) is 10.6 Å². The molecule has 0 aliphatic rings. The first-order valence-electron chi connectivity index (χ1n) is 8.86. The third-order valence-corrected chi connectivity index (χ3v) is 3.85. The Balaban J connectivity index is 1.65. The summed E-state index contributed by atoms with van der Waals surface area (Å²) in [6, 6.07) is 17.6. The summed E-state index contributed by atoms with van der Waals surface area (Å²) in [5.41, 5.74) is 1.06. The molecule has 0 aliphatic heterocycles. The predicted octanol–water partition coefficient (Wildman–Crippen LogP) is 4.59. The molecule has 0 unspecified atom stereocenters. The number of carbonyl (C=O) groups excluding carboxylic acids is 2. The van der Waals surface area contributed by atoms with Crippen molar-refractivity contribution < 1.29 is 23.1 Å². The molecule has 0 spiro atoms. The fourth-order valence-electron chi connectivity index (χ4n) is 2.53. The van der Waals surface area contributed by atoms with Gasteiger partial charge in [0.15, 0.2) is 0 Å². The van der Waals surface area contributed by atoms with E-state index in [1.807, 2.05) is 0 Å². The number of pyridine rings is 1. The van der Waals surface area contributed by atoms with E-state index in [0.717, 1.165) is 0 Å². The molecule has 0 saturated carbocycles. The largest absolute Gasteiger partial charge is 0.434 e. The third kappa shape index (κ3) is 5.96. The Bertz CT molecular complexity index is 1060. The highest BCUT2D eigenvalue weighted by atomic mass is 19.3. The summed E-state index contributed by atoms with van der Waals surface area (Å²) in [5, 5.41) is 5.28. The maximum Gasteiger partial charge on any atom is 0.387 e. The van der Waals surface area contributed by atoms with Gasteiger partial charge in [0, 0.05) is 29.1 Å². The van der Waals surface area contributed by atoms with Gasteiger partial charge in [-0.25, -0.2) is 4.98 Å². The van der Waals surface area contributed by atoms with E-state index < -0.39 is 12.5 Å². The maximum absolute atomic E-state index is 12.5. The average molecular weight is 409 g/mol. The van der Waals surface area contributed by atoms with Crippen molar-refractivity contribution in [1.29, 1.82) is 0 Å². The number of anilines is 2. The van der Waals surface area contributed by atoms with Crippen molar-refractivity contribution in [3.8, 4) is 5.75 Å². The molecule has 2 amide bonds. The van der Waals surface area contributed by atoms with Gasteiger partial charge in [0.1, 0.15) is 11.6 Å². The van der Waals surface area contributed by atoms with E-state index in [0.29, 0.717) is 22.6 Å². The second-order valence-electron chi connectivity index (χ2n) is 5.99. The Morgan fingerprint density at radius 3 is 2.53 bits per heavy atom. The molecule has 6 nitrogen and oxygen atoms in total. The van der Waals surface area contributed by atoms with Gasteiger partial charge in [0.25, 0.3) is 5.91 Å². The first-order chi connectivity index (χ1) is 14.5. The molecule has 2 N–H and O–H groups in total.